The zero-order chi connectivity index (χ0) is 66.7. The van der Waals surface area contributed by atoms with E-state index in [1.165, 1.54) is 181 Å². The Bertz CT molecular complexity index is 4310. The smallest absolute Gasteiger partial charge is 0.252 e. The SMILES string of the molecule is CCCCc1cc(CCCC)c(N2c3cc(-n4c5ccccc5c5cc(C(C)(C)C)ccc54)ccc3B3c4ccc(-n5c6ccccc6c6cc(C(C)(C)C)ccc65)cc4N(c4c(CCCC)cc(CCCC)cc4CCCC)c4cc(C(C)(C)C)cc2c43)c(CCCC)c1. The second kappa shape index (κ2) is 26.7. The topological polar surface area (TPSA) is 16.3 Å². The lowest BCUT2D eigenvalue weighted by Crippen LogP contribution is -2.61. The van der Waals surface area contributed by atoms with Gasteiger partial charge in [-0.15, -0.1) is 0 Å². The Hall–Kier alpha value is -7.76. The molecule has 0 fully saturated rings. The molecule has 0 saturated carbocycles. The molecule has 4 heterocycles. The van der Waals surface area contributed by atoms with Gasteiger partial charge in [-0.3, -0.25) is 0 Å². The summed E-state index contributed by atoms with van der Waals surface area (Å²) >= 11 is 0. The van der Waals surface area contributed by atoms with Crippen LogP contribution in [0.4, 0.5) is 34.1 Å². The molecule has 11 aromatic rings. The number of hydrogen-bond acceptors (Lipinski definition) is 2. The molecule has 490 valence electrons. The predicted molar refractivity (Wildman–Crippen MR) is 417 cm³/mol. The summed E-state index contributed by atoms with van der Waals surface area (Å²) in [6.07, 6.45) is 20.2. The van der Waals surface area contributed by atoms with E-state index in [0.717, 1.165) is 89.9 Å². The van der Waals surface area contributed by atoms with Crippen LogP contribution >= 0.6 is 0 Å². The van der Waals surface area contributed by atoms with Gasteiger partial charge < -0.3 is 18.9 Å². The maximum Gasteiger partial charge on any atom is 0.252 e. The summed E-state index contributed by atoms with van der Waals surface area (Å²) in [4.78, 5) is 5.75. The first-order valence-electron chi connectivity index (χ1n) is 37.2. The van der Waals surface area contributed by atoms with Gasteiger partial charge in [0.15, 0.2) is 0 Å². The Labute approximate surface area is 571 Å². The third-order valence-electron chi connectivity index (χ3n) is 21.4. The van der Waals surface area contributed by atoms with Gasteiger partial charge in [-0.1, -0.05) is 227 Å². The lowest BCUT2D eigenvalue weighted by molar-refractivity contribution is 0.590. The highest BCUT2D eigenvalue weighted by atomic mass is 15.2. The highest BCUT2D eigenvalue weighted by Gasteiger charge is 2.46. The summed E-state index contributed by atoms with van der Waals surface area (Å²) in [6.45, 7) is 35.6. The van der Waals surface area contributed by atoms with Gasteiger partial charge in [-0.2, -0.15) is 0 Å². The minimum absolute atomic E-state index is 0.0113. The molecule has 0 unspecified atom stereocenters. The lowest BCUT2D eigenvalue weighted by Gasteiger charge is -2.46. The number of para-hydroxylation sites is 2. The summed E-state index contributed by atoms with van der Waals surface area (Å²) < 4.78 is 5.18. The highest BCUT2D eigenvalue weighted by Crippen LogP contribution is 2.52. The summed E-state index contributed by atoms with van der Waals surface area (Å²) in [5.74, 6) is 0. The van der Waals surface area contributed by atoms with Crippen LogP contribution in [-0.2, 0) is 54.8 Å². The number of anilines is 6. The summed E-state index contributed by atoms with van der Waals surface area (Å²) in [6, 6.07) is 64.3. The van der Waals surface area contributed by atoms with Gasteiger partial charge in [-0.25, -0.2) is 0 Å². The van der Waals surface area contributed by atoms with Crippen molar-refractivity contribution in [1.82, 2.24) is 9.13 Å². The van der Waals surface area contributed by atoms with Gasteiger partial charge in [0.2, 0.25) is 0 Å². The molecule has 0 atom stereocenters. The Morgan fingerprint density at radius 1 is 0.305 bits per heavy atom. The van der Waals surface area contributed by atoms with E-state index in [-0.39, 0.29) is 23.0 Å². The number of aromatic nitrogens is 2. The van der Waals surface area contributed by atoms with E-state index in [4.69, 9.17) is 0 Å². The van der Waals surface area contributed by atoms with E-state index in [1.54, 1.807) is 0 Å². The number of benzene rings is 9. The van der Waals surface area contributed by atoms with E-state index in [2.05, 4.69) is 281 Å². The van der Waals surface area contributed by atoms with Crippen LogP contribution in [0.2, 0.25) is 0 Å². The van der Waals surface area contributed by atoms with E-state index in [1.807, 2.05) is 0 Å². The second-order valence-electron chi connectivity index (χ2n) is 31.6. The van der Waals surface area contributed by atoms with Crippen molar-refractivity contribution in [3.05, 3.63) is 208 Å². The summed E-state index contributed by atoms with van der Waals surface area (Å²) in [7, 11) is 0. The minimum atomic E-state index is -0.188. The molecule has 95 heavy (non-hydrogen) atoms. The van der Waals surface area contributed by atoms with E-state index < -0.39 is 0 Å². The molecule has 0 aliphatic carbocycles. The Morgan fingerprint density at radius 3 is 0.989 bits per heavy atom. The van der Waals surface area contributed by atoms with Crippen molar-refractivity contribution in [3.63, 3.8) is 0 Å². The number of rotatable bonds is 22. The molecular weight excluding hydrogens is 1150 g/mol. The zero-order valence-corrected chi connectivity index (χ0v) is 60.6. The van der Waals surface area contributed by atoms with Crippen LogP contribution in [0.3, 0.4) is 0 Å². The van der Waals surface area contributed by atoms with Gasteiger partial charge >= 0.3 is 0 Å². The molecule has 2 aliphatic rings. The molecule has 9 aromatic carbocycles. The molecule has 2 aliphatic heterocycles. The zero-order valence-electron chi connectivity index (χ0n) is 60.6. The molecule has 0 saturated heterocycles. The largest absolute Gasteiger partial charge is 0.311 e. The van der Waals surface area contributed by atoms with Gasteiger partial charge in [0.25, 0.3) is 6.71 Å². The van der Waals surface area contributed by atoms with Crippen LogP contribution in [0.25, 0.3) is 55.0 Å². The standard InChI is InChI=1S/C90H107BN4/c1-16-22-32-60-50-62(34-24-18-3)86(63(51-60)35-25-19-4)94-81-58-69(92-77-40-30-28-38-71(77)73-54-66(88(7,8)9)42-48-79(73)92)44-46-75(81)91-76-47-45-70(93-78-41-31-29-39-72(78)74-55-67(89(10,11)12)43-49-80(74)93)59-82(76)95(84-57-68(90(13,14)15)56-83(94)85(84)91)87-64(36-26-20-5)52-61(33-23-17-2)53-65(87)37-27-21-6/h28-31,38-59H,16-27,32-37H2,1-15H3. The molecular formula is C90H107BN4. The van der Waals surface area contributed by atoms with E-state index in [9.17, 15) is 0 Å². The maximum absolute atomic E-state index is 2.87. The predicted octanol–water partition coefficient (Wildman–Crippen LogP) is 23.9. The molecule has 13 rings (SSSR count). The number of fused-ring (bicyclic) bond motifs is 10. The number of nitrogens with zero attached hydrogens (tertiary/aromatic N) is 4. The van der Waals surface area contributed by atoms with Crippen LogP contribution in [0.5, 0.6) is 0 Å². The van der Waals surface area contributed by atoms with Crippen LogP contribution in [0, 0.1) is 0 Å². The molecule has 0 spiro atoms. The molecule has 2 aromatic heterocycles. The van der Waals surface area contributed by atoms with Crippen molar-refractivity contribution in [2.75, 3.05) is 9.80 Å². The van der Waals surface area contributed by atoms with E-state index >= 15 is 0 Å². The average Bonchev–Trinajstić information content (AvgIpc) is 0.929. The Morgan fingerprint density at radius 2 is 0.642 bits per heavy atom. The molecule has 0 bridgehead atoms. The molecule has 5 heteroatoms. The van der Waals surface area contributed by atoms with Crippen molar-refractivity contribution in [2.24, 2.45) is 0 Å². The molecule has 4 nitrogen and oxygen atoms in total. The van der Waals surface area contributed by atoms with Crippen LogP contribution in [0.1, 0.15) is 231 Å². The van der Waals surface area contributed by atoms with Gasteiger partial charge in [0.1, 0.15) is 0 Å². The van der Waals surface area contributed by atoms with Crippen molar-refractivity contribution in [2.45, 2.75) is 236 Å². The first-order valence-corrected chi connectivity index (χ1v) is 37.2. The third kappa shape index (κ3) is 12.2. The van der Waals surface area contributed by atoms with Gasteiger partial charge in [0, 0.05) is 55.7 Å². The van der Waals surface area contributed by atoms with Crippen LogP contribution < -0.4 is 26.2 Å². The third-order valence-corrected chi connectivity index (χ3v) is 21.4. The lowest BCUT2D eigenvalue weighted by atomic mass is 9.33. The number of aryl methyl sites for hydroxylation is 6. The van der Waals surface area contributed by atoms with Crippen molar-refractivity contribution in [3.8, 4) is 11.4 Å². The highest BCUT2D eigenvalue weighted by molar-refractivity contribution is 7.00. The average molecular weight is 1260 g/mol. The Kier molecular flexibility index (Phi) is 18.5. The normalized spacial score (nSPS) is 13.3. The fraction of sp³-hybridized carbons (Fsp3) is 0.400. The quantitative estimate of drug-likeness (QED) is 0.0629. The van der Waals surface area contributed by atoms with Crippen LogP contribution in [0.15, 0.2) is 158 Å². The van der Waals surface area contributed by atoms with Crippen LogP contribution in [-0.4, -0.2) is 15.8 Å². The van der Waals surface area contributed by atoms with Gasteiger partial charge in [0.05, 0.1) is 33.4 Å². The second-order valence-corrected chi connectivity index (χ2v) is 31.6. The fourth-order valence-corrected chi connectivity index (χ4v) is 16.1. The molecule has 0 N–H and O–H groups in total. The first-order chi connectivity index (χ1) is 45.8. The molecule has 0 radical (unpaired) electrons. The summed E-state index contributed by atoms with van der Waals surface area (Å²) in [5.41, 5.74) is 32.5. The minimum Gasteiger partial charge on any atom is -0.311 e. The van der Waals surface area contributed by atoms with Crippen molar-refractivity contribution < 1.29 is 0 Å². The number of unbranched alkanes of at least 4 members (excludes halogenated alkanes) is 6. The van der Waals surface area contributed by atoms with E-state index in [0.29, 0.717) is 0 Å². The molecule has 0 amide bonds. The number of hydrogen-bond donors (Lipinski definition) is 0. The van der Waals surface area contributed by atoms with Gasteiger partial charge in [-0.05, 0) is 233 Å². The van der Waals surface area contributed by atoms with Crippen molar-refractivity contribution >= 4 is 101 Å². The maximum atomic E-state index is 2.87. The summed E-state index contributed by atoms with van der Waals surface area (Å²) in [5, 5.41) is 5.21. The Balaban J connectivity index is 1.19. The van der Waals surface area contributed by atoms with Crippen molar-refractivity contribution in [1.29, 1.82) is 0 Å². The monoisotopic (exact) mass is 1250 g/mol. The first kappa shape index (κ1) is 65.9. The fourth-order valence-electron chi connectivity index (χ4n) is 16.1.